The summed E-state index contributed by atoms with van der Waals surface area (Å²) < 4.78 is 37.6. The van der Waals surface area contributed by atoms with Gasteiger partial charge < -0.3 is 5.32 Å². The fraction of sp³-hybridized carbons (Fsp3) is 0.571. The lowest BCUT2D eigenvalue weighted by atomic mass is 9.85. The van der Waals surface area contributed by atoms with Crippen molar-refractivity contribution >= 4 is 5.69 Å². The molecule has 0 bridgehead atoms. The summed E-state index contributed by atoms with van der Waals surface area (Å²) >= 11 is 0. The summed E-state index contributed by atoms with van der Waals surface area (Å²) in [5.74, 6) is -1.10. The number of hydrogen-bond donors (Lipinski definition) is 1. The van der Waals surface area contributed by atoms with Crippen molar-refractivity contribution in [3.05, 3.63) is 29.8 Å². The van der Waals surface area contributed by atoms with E-state index in [1.807, 2.05) is 31.2 Å². The number of halogens is 3. The molecule has 4 heteroatoms. The molecule has 0 atom stereocenters. The SMILES string of the molecule is Cc1cccc(NC2CCC(C(F)(F)F)CC2)c1. The van der Waals surface area contributed by atoms with Crippen LogP contribution in [0.3, 0.4) is 0 Å². The van der Waals surface area contributed by atoms with Gasteiger partial charge in [-0.05, 0) is 50.3 Å². The highest BCUT2D eigenvalue weighted by atomic mass is 19.4. The molecule has 0 saturated heterocycles. The molecule has 0 radical (unpaired) electrons. The van der Waals surface area contributed by atoms with Crippen molar-refractivity contribution in [1.82, 2.24) is 0 Å². The molecule has 0 spiro atoms. The summed E-state index contributed by atoms with van der Waals surface area (Å²) in [6.07, 6.45) is -2.34. The molecule has 18 heavy (non-hydrogen) atoms. The van der Waals surface area contributed by atoms with E-state index in [1.165, 1.54) is 0 Å². The normalized spacial score (nSPS) is 24.9. The highest BCUT2D eigenvalue weighted by Gasteiger charge is 2.41. The minimum Gasteiger partial charge on any atom is -0.382 e. The van der Waals surface area contributed by atoms with E-state index in [0.29, 0.717) is 12.8 Å². The molecule has 0 heterocycles. The number of alkyl halides is 3. The first kappa shape index (κ1) is 13.2. The molecule has 1 aromatic carbocycles. The molecular weight excluding hydrogens is 239 g/mol. The molecule has 1 aliphatic rings. The Morgan fingerprint density at radius 2 is 1.78 bits per heavy atom. The van der Waals surface area contributed by atoms with Crippen LogP contribution in [0.2, 0.25) is 0 Å². The second kappa shape index (κ2) is 5.21. The molecule has 1 aliphatic carbocycles. The molecule has 1 fully saturated rings. The summed E-state index contributed by atoms with van der Waals surface area (Å²) in [4.78, 5) is 0. The maximum atomic E-state index is 12.5. The summed E-state index contributed by atoms with van der Waals surface area (Å²) in [5.41, 5.74) is 2.16. The molecule has 2 rings (SSSR count). The van der Waals surface area contributed by atoms with Gasteiger partial charge >= 0.3 is 6.18 Å². The lowest BCUT2D eigenvalue weighted by molar-refractivity contribution is -0.182. The summed E-state index contributed by atoms with van der Waals surface area (Å²) in [6.45, 7) is 2.01. The van der Waals surface area contributed by atoms with E-state index < -0.39 is 12.1 Å². The first-order valence-corrected chi connectivity index (χ1v) is 6.35. The Hall–Kier alpha value is -1.19. The second-order valence-electron chi connectivity index (χ2n) is 5.10. The number of aryl methyl sites for hydroxylation is 1. The average molecular weight is 257 g/mol. The van der Waals surface area contributed by atoms with E-state index in [4.69, 9.17) is 0 Å². The maximum Gasteiger partial charge on any atom is 0.391 e. The molecule has 0 unspecified atom stereocenters. The summed E-state index contributed by atoms with van der Waals surface area (Å²) in [5, 5.41) is 3.33. The molecule has 1 aromatic rings. The van der Waals surface area contributed by atoms with Gasteiger partial charge in [0.15, 0.2) is 0 Å². The van der Waals surface area contributed by atoms with Crippen LogP contribution in [0.25, 0.3) is 0 Å². The first-order chi connectivity index (χ1) is 8.45. The Balaban J connectivity index is 1.87. The predicted molar refractivity (Wildman–Crippen MR) is 66.6 cm³/mol. The summed E-state index contributed by atoms with van der Waals surface area (Å²) in [6, 6.07) is 8.12. The largest absolute Gasteiger partial charge is 0.391 e. The Bertz CT molecular complexity index is 392. The van der Waals surface area contributed by atoms with Crippen LogP contribution in [0.1, 0.15) is 31.2 Å². The monoisotopic (exact) mass is 257 g/mol. The van der Waals surface area contributed by atoms with Crippen LogP contribution in [0.5, 0.6) is 0 Å². The first-order valence-electron chi connectivity index (χ1n) is 6.35. The van der Waals surface area contributed by atoms with Gasteiger partial charge in [0.1, 0.15) is 0 Å². The van der Waals surface area contributed by atoms with Crippen molar-refractivity contribution in [2.45, 2.75) is 44.8 Å². The molecule has 1 saturated carbocycles. The van der Waals surface area contributed by atoms with Crippen LogP contribution >= 0.6 is 0 Å². The second-order valence-corrected chi connectivity index (χ2v) is 5.10. The third-order valence-corrected chi connectivity index (χ3v) is 3.58. The van der Waals surface area contributed by atoms with E-state index in [9.17, 15) is 13.2 Å². The highest BCUT2D eigenvalue weighted by Crippen LogP contribution is 2.38. The van der Waals surface area contributed by atoms with Crippen molar-refractivity contribution in [2.75, 3.05) is 5.32 Å². The third kappa shape index (κ3) is 3.40. The molecular formula is C14H18F3N. The van der Waals surface area contributed by atoms with Crippen molar-refractivity contribution < 1.29 is 13.2 Å². The zero-order valence-electron chi connectivity index (χ0n) is 10.4. The standard InChI is InChI=1S/C14H18F3N/c1-10-3-2-4-13(9-10)18-12-7-5-11(6-8-12)14(15,16)17/h2-4,9,11-12,18H,5-8H2,1H3. The van der Waals surface area contributed by atoms with E-state index in [-0.39, 0.29) is 18.9 Å². The molecule has 0 aromatic heterocycles. The quantitative estimate of drug-likeness (QED) is 0.820. The number of hydrogen-bond acceptors (Lipinski definition) is 1. The van der Waals surface area contributed by atoms with Gasteiger partial charge in [-0.3, -0.25) is 0 Å². The summed E-state index contributed by atoms with van der Waals surface area (Å²) in [7, 11) is 0. The van der Waals surface area contributed by atoms with Crippen LogP contribution in [0.15, 0.2) is 24.3 Å². The Kier molecular flexibility index (Phi) is 3.83. The van der Waals surface area contributed by atoms with Gasteiger partial charge in [0.25, 0.3) is 0 Å². The van der Waals surface area contributed by atoms with Gasteiger partial charge in [-0.25, -0.2) is 0 Å². The van der Waals surface area contributed by atoms with Gasteiger partial charge in [0.05, 0.1) is 5.92 Å². The fourth-order valence-corrected chi connectivity index (χ4v) is 2.54. The van der Waals surface area contributed by atoms with Crippen molar-refractivity contribution in [3.63, 3.8) is 0 Å². The smallest absolute Gasteiger partial charge is 0.382 e. The molecule has 1 N–H and O–H groups in total. The van der Waals surface area contributed by atoms with Gasteiger partial charge in [0, 0.05) is 11.7 Å². The van der Waals surface area contributed by atoms with Crippen LogP contribution in [-0.2, 0) is 0 Å². The Morgan fingerprint density at radius 1 is 1.11 bits per heavy atom. The highest BCUT2D eigenvalue weighted by molar-refractivity contribution is 5.46. The van der Waals surface area contributed by atoms with Crippen LogP contribution in [-0.4, -0.2) is 12.2 Å². The lowest BCUT2D eigenvalue weighted by Crippen LogP contribution is -2.32. The van der Waals surface area contributed by atoms with E-state index in [0.717, 1.165) is 11.3 Å². The zero-order chi connectivity index (χ0) is 13.2. The number of anilines is 1. The third-order valence-electron chi connectivity index (χ3n) is 3.58. The molecule has 1 nitrogen and oxygen atoms in total. The lowest BCUT2D eigenvalue weighted by Gasteiger charge is -2.30. The van der Waals surface area contributed by atoms with E-state index in [1.54, 1.807) is 0 Å². The number of rotatable bonds is 2. The van der Waals surface area contributed by atoms with Crippen LogP contribution in [0.4, 0.5) is 18.9 Å². The molecule has 0 aliphatic heterocycles. The van der Waals surface area contributed by atoms with Gasteiger partial charge in [-0.2, -0.15) is 13.2 Å². The van der Waals surface area contributed by atoms with Crippen molar-refractivity contribution in [3.8, 4) is 0 Å². The predicted octanol–water partition coefficient (Wildman–Crippen LogP) is 4.53. The number of nitrogens with one attached hydrogen (secondary N) is 1. The average Bonchev–Trinajstić information content (AvgIpc) is 2.28. The molecule has 0 amide bonds. The minimum absolute atomic E-state index is 0.172. The maximum absolute atomic E-state index is 12.5. The van der Waals surface area contributed by atoms with Crippen molar-refractivity contribution in [2.24, 2.45) is 5.92 Å². The van der Waals surface area contributed by atoms with Gasteiger partial charge in [-0.1, -0.05) is 12.1 Å². The minimum atomic E-state index is -4.02. The zero-order valence-corrected chi connectivity index (χ0v) is 10.4. The Morgan fingerprint density at radius 3 is 2.33 bits per heavy atom. The fourth-order valence-electron chi connectivity index (χ4n) is 2.54. The van der Waals surface area contributed by atoms with Gasteiger partial charge in [0.2, 0.25) is 0 Å². The van der Waals surface area contributed by atoms with Crippen LogP contribution < -0.4 is 5.32 Å². The van der Waals surface area contributed by atoms with Crippen molar-refractivity contribution in [1.29, 1.82) is 0 Å². The Labute approximate surface area is 105 Å². The van der Waals surface area contributed by atoms with E-state index >= 15 is 0 Å². The van der Waals surface area contributed by atoms with Gasteiger partial charge in [-0.15, -0.1) is 0 Å². The molecule has 100 valence electrons. The van der Waals surface area contributed by atoms with Crippen LogP contribution in [0, 0.1) is 12.8 Å². The van der Waals surface area contributed by atoms with E-state index in [2.05, 4.69) is 5.32 Å². The topological polar surface area (TPSA) is 12.0 Å². The number of benzene rings is 1.